The minimum atomic E-state index is -0.804. The lowest BCUT2D eigenvalue weighted by atomic mass is 9.83. The van der Waals surface area contributed by atoms with Crippen molar-refractivity contribution in [2.45, 2.75) is 90.9 Å². The molecule has 1 unspecified atom stereocenters. The zero-order valence-corrected chi connectivity index (χ0v) is 23.0. The summed E-state index contributed by atoms with van der Waals surface area (Å²) in [6.07, 6.45) is 15.5. The molecule has 0 bridgehead atoms. The summed E-state index contributed by atoms with van der Waals surface area (Å²) >= 11 is 0. The monoisotopic (exact) mass is 518 g/mol. The van der Waals surface area contributed by atoms with Gasteiger partial charge in [-0.15, -0.1) is 0 Å². The van der Waals surface area contributed by atoms with Crippen molar-refractivity contribution in [3.8, 4) is 22.3 Å². The molecule has 0 aliphatic heterocycles. The van der Waals surface area contributed by atoms with E-state index < -0.39 is 11.6 Å². The fourth-order valence-corrected chi connectivity index (χ4v) is 5.60. The van der Waals surface area contributed by atoms with Gasteiger partial charge in [0.1, 0.15) is 5.82 Å². The van der Waals surface area contributed by atoms with Crippen LogP contribution < -0.4 is 0 Å². The molecule has 0 fully saturated rings. The summed E-state index contributed by atoms with van der Waals surface area (Å²) < 4.78 is 44.5. The molecule has 202 valence electrons. The second-order valence-corrected chi connectivity index (χ2v) is 10.8. The Kier molecular flexibility index (Phi) is 10.3. The van der Waals surface area contributed by atoms with E-state index in [1.807, 2.05) is 31.2 Å². The van der Waals surface area contributed by atoms with E-state index in [-0.39, 0.29) is 11.4 Å². The Hall–Kier alpha value is -2.81. The van der Waals surface area contributed by atoms with Crippen LogP contribution in [0.5, 0.6) is 0 Å². The minimum Gasteiger partial charge on any atom is -0.206 e. The van der Waals surface area contributed by atoms with Crippen LogP contribution >= 0.6 is 0 Å². The SMILES string of the molecule is CCCCCCCC1CC=C(c2ccc(-c3ccc(-c4ccc(CCCC)c(F)c4F)cc3)cc2F)CC1. The lowest BCUT2D eigenvalue weighted by Gasteiger charge is -2.22. The number of unbranched alkanes of at least 4 members (excludes halogenated alkanes) is 5. The molecule has 4 rings (SSSR count). The number of hydrogen-bond acceptors (Lipinski definition) is 0. The van der Waals surface area contributed by atoms with Gasteiger partial charge in [-0.2, -0.15) is 0 Å². The van der Waals surface area contributed by atoms with Crippen LogP contribution in [0.2, 0.25) is 0 Å². The van der Waals surface area contributed by atoms with Crippen molar-refractivity contribution in [1.29, 1.82) is 0 Å². The average Bonchev–Trinajstić information content (AvgIpc) is 2.94. The van der Waals surface area contributed by atoms with Gasteiger partial charge in [-0.3, -0.25) is 0 Å². The average molecular weight is 519 g/mol. The first-order valence-corrected chi connectivity index (χ1v) is 14.6. The van der Waals surface area contributed by atoms with Gasteiger partial charge in [-0.25, -0.2) is 13.2 Å². The van der Waals surface area contributed by atoms with Gasteiger partial charge in [-0.05, 0) is 71.9 Å². The predicted molar refractivity (Wildman–Crippen MR) is 154 cm³/mol. The van der Waals surface area contributed by atoms with E-state index in [4.69, 9.17) is 0 Å². The van der Waals surface area contributed by atoms with Crippen LogP contribution in [0.25, 0.3) is 27.8 Å². The Labute approximate surface area is 227 Å². The van der Waals surface area contributed by atoms with E-state index in [9.17, 15) is 8.78 Å². The second kappa shape index (κ2) is 13.8. The van der Waals surface area contributed by atoms with E-state index in [2.05, 4.69) is 13.0 Å². The third-order valence-corrected chi connectivity index (χ3v) is 8.04. The van der Waals surface area contributed by atoms with Crippen molar-refractivity contribution < 1.29 is 13.2 Å². The van der Waals surface area contributed by atoms with Crippen LogP contribution in [-0.2, 0) is 6.42 Å². The zero-order chi connectivity index (χ0) is 26.9. The molecule has 38 heavy (non-hydrogen) atoms. The van der Waals surface area contributed by atoms with Gasteiger partial charge in [-0.1, -0.05) is 113 Å². The van der Waals surface area contributed by atoms with Crippen LogP contribution in [0.1, 0.15) is 95.6 Å². The quantitative estimate of drug-likeness (QED) is 0.209. The van der Waals surface area contributed by atoms with Gasteiger partial charge in [0.15, 0.2) is 11.6 Å². The van der Waals surface area contributed by atoms with Crippen molar-refractivity contribution >= 4 is 5.57 Å². The smallest absolute Gasteiger partial charge is 0.166 e. The van der Waals surface area contributed by atoms with Gasteiger partial charge in [0, 0.05) is 11.1 Å². The maximum absolute atomic E-state index is 15.2. The summed E-state index contributed by atoms with van der Waals surface area (Å²) in [6, 6.07) is 16.0. The van der Waals surface area contributed by atoms with E-state index in [0.717, 1.165) is 54.7 Å². The lowest BCUT2D eigenvalue weighted by molar-refractivity contribution is 0.423. The van der Waals surface area contributed by atoms with Gasteiger partial charge < -0.3 is 0 Å². The molecular formula is C35H41F3. The molecule has 0 saturated heterocycles. The molecule has 0 nitrogen and oxygen atoms in total. The Morgan fingerprint density at radius 2 is 1.37 bits per heavy atom. The van der Waals surface area contributed by atoms with E-state index >= 15 is 4.39 Å². The number of aryl methyl sites for hydroxylation is 1. The molecular weight excluding hydrogens is 477 g/mol. The van der Waals surface area contributed by atoms with E-state index in [1.165, 1.54) is 38.5 Å². The van der Waals surface area contributed by atoms with Gasteiger partial charge >= 0.3 is 0 Å². The first-order valence-electron chi connectivity index (χ1n) is 14.6. The molecule has 3 aromatic rings. The van der Waals surface area contributed by atoms with Crippen LogP contribution in [0.4, 0.5) is 13.2 Å². The molecule has 1 atom stereocenters. The summed E-state index contributed by atoms with van der Waals surface area (Å²) in [5.74, 6) is -1.03. The first-order chi connectivity index (χ1) is 18.5. The number of allylic oxidation sites excluding steroid dienone is 2. The standard InChI is InChI=1S/C35H41F3/c1-3-5-7-8-9-10-25-12-14-27(15-13-25)31-22-21-30(24-33(31)36)26-16-18-28(19-17-26)32-23-20-29(11-6-4-2)34(37)35(32)38/h14,16-25H,3-13,15H2,1-2H3. The summed E-state index contributed by atoms with van der Waals surface area (Å²) in [7, 11) is 0. The van der Waals surface area contributed by atoms with E-state index in [1.54, 1.807) is 30.3 Å². The Morgan fingerprint density at radius 3 is 2.05 bits per heavy atom. The number of rotatable bonds is 12. The Balaban J connectivity index is 1.41. The van der Waals surface area contributed by atoms with E-state index in [0.29, 0.717) is 23.1 Å². The summed E-state index contributed by atoms with van der Waals surface area (Å²) in [6.45, 7) is 4.28. The first kappa shape index (κ1) is 28.2. The van der Waals surface area contributed by atoms with Crippen molar-refractivity contribution in [2.75, 3.05) is 0 Å². The van der Waals surface area contributed by atoms with Gasteiger partial charge in [0.2, 0.25) is 0 Å². The molecule has 0 saturated carbocycles. The predicted octanol–water partition coefficient (Wildman–Crippen LogP) is 11.3. The topological polar surface area (TPSA) is 0 Å². The Morgan fingerprint density at radius 1 is 0.684 bits per heavy atom. The molecule has 3 heteroatoms. The molecule has 0 N–H and O–H groups in total. The fourth-order valence-electron chi connectivity index (χ4n) is 5.60. The highest BCUT2D eigenvalue weighted by Crippen LogP contribution is 2.36. The summed E-state index contributed by atoms with van der Waals surface area (Å²) in [5.41, 5.74) is 4.72. The summed E-state index contributed by atoms with van der Waals surface area (Å²) in [4.78, 5) is 0. The van der Waals surface area contributed by atoms with Crippen LogP contribution in [0.15, 0.2) is 60.7 Å². The lowest BCUT2D eigenvalue weighted by Crippen LogP contribution is -2.06. The van der Waals surface area contributed by atoms with Crippen molar-refractivity contribution in [3.05, 3.63) is 89.3 Å². The van der Waals surface area contributed by atoms with Crippen molar-refractivity contribution in [2.24, 2.45) is 5.92 Å². The highest BCUT2D eigenvalue weighted by atomic mass is 19.2. The van der Waals surface area contributed by atoms with Crippen molar-refractivity contribution in [1.82, 2.24) is 0 Å². The molecule has 0 spiro atoms. The van der Waals surface area contributed by atoms with Crippen LogP contribution in [0, 0.1) is 23.4 Å². The fraction of sp³-hybridized carbons (Fsp3) is 0.429. The third kappa shape index (κ3) is 6.98. The highest BCUT2D eigenvalue weighted by Gasteiger charge is 2.18. The van der Waals surface area contributed by atoms with Crippen molar-refractivity contribution in [3.63, 3.8) is 0 Å². The number of benzene rings is 3. The summed E-state index contributed by atoms with van der Waals surface area (Å²) in [5, 5.41) is 0. The molecule has 1 aliphatic carbocycles. The van der Waals surface area contributed by atoms with Gasteiger partial charge in [0.05, 0.1) is 0 Å². The molecule has 3 aromatic carbocycles. The normalized spacial score (nSPS) is 15.5. The third-order valence-electron chi connectivity index (χ3n) is 8.04. The molecule has 0 heterocycles. The number of hydrogen-bond donors (Lipinski definition) is 0. The largest absolute Gasteiger partial charge is 0.206 e. The Bertz CT molecular complexity index is 1220. The molecule has 0 radical (unpaired) electrons. The number of halogens is 3. The maximum Gasteiger partial charge on any atom is 0.166 e. The van der Waals surface area contributed by atoms with Gasteiger partial charge in [0.25, 0.3) is 0 Å². The molecule has 0 amide bonds. The maximum atomic E-state index is 15.2. The molecule has 1 aliphatic rings. The zero-order valence-electron chi connectivity index (χ0n) is 23.0. The van der Waals surface area contributed by atoms with Crippen LogP contribution in [0.3, 0.4) is 0 Å². The highest BCUT2D eigenvalue weighted by molar-refractivity contribution is 5.74. The van der Waals surface area contributed by atoms with Crippen LogP contribution in [-0.4, -0.2) is 0 Å². The second-order valence-electron chi connectivity index (χ2n) is 10.8. The molecule has 0 aromatic heterocycles. The minimum absolute atomic E-state index is 0.202.